The Kier molecular flexibility index (Phi) is 3.27. The lowest BCUT2D eigenvalue weighted by molar-refractivity contribution is 1.31. The van der Waals surface area contributed by atoms with E-state index in [-0.39, 0.29) is 0 Å². The van der Waals surface area contributed by atoms with Gasteiger partial charge in [-0.1, -0.05) is 11.6 Å². The molecule has 0 atom stereocenters. The van der Waals surface area contributed by atoms with Crippen molar-refractivity contribution < 1.29 is 0 Å². The van der Waals surface area contributed by atoms with Gasteiger partial charge in [0.2, 0.25) is 0 Å². The quantitative estimate of drug-likeness (QED) is 0.541. The van der Waals surface area contributed by atoms with Gasteiger partial charge >= 0.3 is 0 Å². The lowest BCUT2D eigenvalue weighted by Crippen LogP contribution is -1.83. The number of benzene rings is 1. The van der Waals surface area contributed by atoms with E-state index in [1.165, 1.54) is 20.5 Å². The average molecular weight is 263 g/mol. The van der Waals surface area contributed by atoms with Gasteiger partial charge < -0.3 is 0 Å². The van der Waals surface area contributed by atoms with Gasteiger partial charge in [0.25, 0.3) is 0 Å². The predicted molar refractivity (Wildman–Crippen MR) is 68.2 cm³/mol. The highest BCUT2D eigenvalue weighted by Crippen LogP contribution is 2.36. The number of thiophene rings is 1. The van der Waals surface area contributed by atoms with Gasteiger partial charge in [0.05, 0.1) is 4.34 Å². The standard InChI is InChI=1S/C10H8Cl2S2/c1-13-8-2-3-9-6(7(8)5-11)4-10(12)14-9/h2-4H,5H2,1H3. The van der Waals surface area contributed by atoms with Crippen LogP contribution in [-0.4, -0.2) is 6.26 Å². The molecule has 0 amide bonds. The molecule has 0 spiro atoms. The second kappa shape index (κ2) is 4.31. The molecule has 0 nitrogen and oxygen atoms in total. The second-order valence-corrected chi connectivity index (χ2v) is 5.67. The monoisotopic (exact) mass is 262 g/mol. The molecule has 1 heterocycles. The van der Waals surface area contributed by atoms with E-state index in [0.717, 1.165) is 4.34 Å². The van der Waals surface area contributed by atoms with Crippen molar-refractivity contribution in [2.45, 2.75) is 10.8 Å². The first-order valence-electron chi connectivity index (χ1n) is 4.07. The first-order chi connectivity index (χ1) is 6.76. The van der Waals surface area contributed by atoms with E-state index in [9.17, 15) is 0 Å². The summed E-state index contributed by atoms with van der Waals surface area (Å²) in [6, 6.07) is 6.21. The second-order valence-electron chi connectivity index (χ2n) is 2.84. The first-order valence-corrected chi connectivity index (χ1v) is 7.02. The van der Waals surface area contributed by atoms with Crippen LogP contribution in [0.2, 0.25) is 4.34 Å². The minimum Gasteiger partial charge on any atom is -0.129 e. The fraction of sp³-hybridized carbons (Fsp3) is 0.200. The molecule has 14 heavy (non-hydrogen) atoms. The van der Waals surface area contributed by atoms with Crippen molar-refractivity contribution in [1.29, 1.82) is 0 Å². The summed E-state index contributed by atoms with van der Waals surface area (Å²) in [5.74, 6) is 0.542. The summed E-state index contributed by atoms with van der Waals surface area (Å²) in [5.41, 5.74) is 1.19. The maximum absolute atomic E-state index is 5.98. The van der Waals surface area contributed by atoms with Gasteiger partial charge in [-0.25, -0.2) is 0 Å². The van der Waals surface area contributed by atoms with Crippen LogP contribution in [-0.2, 0) is 5.88 Å². The number of hydrogen-bond acceptors (Lipinski definition) is 2. The van der Waals surface area contributed by atoms with Crippen LogP contribution in [0.25, 0.3) is 10.1 Å². The minimum atomic E-state index is 0.542. The number of halogens is 2. The van der Waals surface area contributed by atoms with Gasteiger partial charge in [-0.3, -0.25) is 0 Å². The average Bonchev–Trinajstić information content (AvgIpc) is 2.56. The zero-order valence-electron chi connectivity index (χ0n) is 7.51. The summed E-state index contributed by atoms with van der Waals surface area (Å²) in [5, 5.41) is 1.20. The van der Waals surface area contributed by atoms with Crippen molar-refractivity contribution in [2.75, 3.05) is 6.26 Å². The zero-order valence-corrected chi connectivity index (χ0v) is 10.7. The van der Waals surface area contributed by atoms with E-state index >= 15 is 0 Å². The summed E-state index contributed by atoms with van der Waals surface area (Å²) in [4.78, 5) is 1.24. The third kappa shape index (κ3) is 1.76. The van der Waals surface area contributed by atoms with Gasteiger partial charge in [0, 0.05) is 15.5 Å². The molecule has 0 fully saturated rings. The normalized spacial score (nSPS) is 11.1. The van der Waals surface area contributed by atoms with E-state index in [4.69, 9.17) is 23.2 Å². The summed E-state index contributed by atoms with van der Waals surface area (Å²) in [7, 11) is 0. The minimum absolute atomic E-state index is 0.542. The van der Waals surface area contributed by atoms with Crippen molar-refractivity contribution >= 4 is 56.4 Å². The zero-order chi connectivity index (χ0) is 10.1. The molecule has 2 rings (SSSR count). The van der Waals surface area contributed by atoms with Crippen molar-refractivity contribution in [3.05, 3.63) is 28.1 Å². The van der Waals surface area contributed by atoms with Crippen molar-refractivity contribution in [1.82, 2.24) is 0 Å². The highest BCUT2D eigenvalue weighted by molar-refractivity contribution is 7.98. The molecular weight excluding hydrogens is 255 g/mol. The van der Waals surface area contributed by atoms with E-state index in [1.807, 2.05) is 6.07 Å². The van der Waals surface area contributed by atoms with Crippen LogP contribution in [0.1, 0.15) is 5.56 Å². The fourth-order valence-electron chi connectivity index (χ4n) is 1.45. The van der Waals surface area contributed by atoms with Crippen LogP contribution in [0.15, 0.2) is 23.1 Å². The van der Waals surface area contributed by atoms with Crippen LogP contribution >= 0.6 is 46.3 Å². The first kappa shape index (κ1) is 10.6. The molecule has 1 aromatic heterocycles. The van der Waals surface area contributed by atoms with Crippen molar-refractivity contribution in [2.24, 2.45) is 0 Å². The molecule has 74 valence electrons. The highest BCUT2D eigenvalue weighted by atomic mass is 35.5. The Labute approximate surface area is 101 Å². The van der Waals surface area contributed by atoms with Gasteiger partial charge in [-0.05, 0) is 35.4 Å². The molecule has 4 heteroatoms. The van der Waals surface area contributed by atoms with E-state index < -0.39 is 0 Å². The number of rotatable bonds is 2. The summed E-state index contributed by atoms with van der Waals surface area (Å²) < 4.78 is 2.04. The van der Waals surface area contributed by atoms with Gasteiger partial charge in [-0.15, -0.1) is 34.7 Å². The van der Waals surface area contributed by atoms with Crippen molar-refractivity contribution in [3.8, 4) is 0 Å². The summed E-state index contributed by atoms with van der Waals surface area (Å²) in [6.45, 7) is 0. The highest BCUT2D eigenvalue weighted by Gasteiger charge is 2.08. The molecule has 0 radical (unpaired) electrons. The number of alkyl halides is 1. The molecule has 0 saturated heterocycles. The Balaban J connectivity index is 2.75. The van der Waals surface area contributed by atoms with Crippen LogP contribution in [0, 0.1) is 0 Å². The van der Waals surface area contributed by atoms with Crippen LogP contribution in [0.3, 0.4) is 0 Å². The largest absolute Gasteiger partial charge is 0.129 e. The summed E-state index contributed by atoms with van der Waals surface area (Å²) in [6.07, 6.45) is 2.06. The molecule has 0 N–H and O–H groups in total. The SMILES string of the molecule is CSc1ccc2sc(Cl)cc2c1CCl. The molecular formula is C10H8Cl2S2. The smallest absolute Gasteiger partial charge is 0.0940 e. The van der Waals surface area contributed by atoms with Crippen LogP contribution in [0.5, 0.6) is 0 Å². The van der Waals surface area contributed by atoms with E-state index in [2.05, 4.69) is 18.4 Å². The maximum Gasteiger partial charge on any atom is 0.0940 e. The Morgan fingerprint density at radius 1 is 1.43 bits per heavy atom. The number of hydrogen-bond donors (Lipinski definition) is 0. The van der Waals surface area contributed by atoms with E-state index in [1.54, 1.807) is 23.1 Å². The van der Waals surface area contributed by atoms with Crippen LogP contribution < -0.4 is 0 Å². The number of thioether (sulfide) groups is 1. The van der Waals surface area contributed by atoms with Crippen molar-refractivity contribution in [3.63, 3.8) is 0 Å². The lowest BCUT2D eigenvalue weighted by Gasteiger charge is -2.04. The topological polar surface area (TPSA) is 0 Å². The molecule has 0 bridgehead atoms. The molecule has 0 aliphatic rings. The lowest BCUT2D eigenvalue weighted by atomic mass is 10.1. The maximum atomic E-state index is 5.98. The Hall–Kier alpha value is 0.110. The van der Waals surface area contributed by atoms with Crippen LogP contribution in [0.4, 0.5) is 0 Å². The molecule has 1 aromatic carbocycles. The third-order valence-corrected chi connectivity index (χ3v) is 4.41. The molecule has 2 aromatic rings. The number of fused-ring (bicyclic) bond motifs is 1. The molecule has 0 saturated carbocycles. The summed E-state index contributed by atoms with van der Waals surface area (Å²) >= 11 is 15.2. The third-order valence-electron chi connectivity index (χ3n) is 2.09. The molecule has 0 aliphatic carbocycles. The van der Waals surface area contributed by atoms with Gasteiger partial charge in [0.1, 0.15) is 0 Å². The Morgan fingerprint density at radius 2 is 2.21 bits per heavy atom. The van der Waals surface area contributed by atoms with Gasteiger partial charge in [0.15, 0.2) is 0 Å². The van der Waals surface area contributed by atoms with E-state index in [0.29, 0.717) is 5.88 Å². The van der Waals surface area contributed by atoms with Gasteiger partial charge in [-0.2, -0.15) is 0 Å². The molecule has 0 aliphatic heterocycles. The predicted octanol–water partition coefficient (Wildman–Crippen LogP) is 5.02. The molecule has 0 unspecified atom stereocenters. The Morgan fingerprint density at radius 3 is 2.86 bits per heavy atom. The fourth-order valence-corrected chi connectivity index (χ4v) is 3.62. The Bertz CT molecular complexity index is 462.